The highest BCUT2D eigenvalue weighted by molar-refractivity contribution is 7.89. The minimum Gasteiger partial charge on any atom is -0.480 e. The first kappa shape index (κ1) is 19.6. The third-order valence-electron chi connectivity index (χ3n) is 2.94. The van der Waals surface area contributed by atoms with Gasteiger partial charge in [-0.05, 0) is 38.1 Å². The Bertz CT molecular complexity index is 729. The quantitative estimate of drug-likeness (QED) is 0.537. The Morgan fingerprint density at radius 1 is 1.04 bits per heavy atom. The summed E-state index contributed by atoms with van der Waals surface area (Å²) >= 11 is 0. The molecular weight excluding hydrogens is 338 g/mol. The highest BCUT2D eigenvalue weighted by atomic mass is 32.2. The molecule has 1 unspecified atom stereocenters. The van der Waals surface area contributed by atoms with Crippen molar-refractivity contribution in [1.29, 1.82) is 0 Å². The van der Waals surface area contributed by atoms with Gasteiger partial charge in [-0.3, -0.25) is 14.4 Å². The number of benzene rings is 1. The number of carbonyl (C=O) groups is 3. The number of sulfonamides is 1. The third kappa shape index (κ3) is 5.63. The largest absolute Gasteiger partial charge is 0.480 e. The maximum Gasteiger partial charge on any atom is 0.325 e. The maximum absolute atomic E-state index is 12.2. The van der Waals surface area contributed by atoms with Gasteiger partial charge >= 0.3 is 5.97 Å². The number of hydrogen-bond donors (Lipinski definition) is 4. The van der Waals surface area contributed by atoms with Gasteiger partial charge in [-0.15, -0.1) is 0 Å². The number of carboxylic acids is 1. The SMILES string of the molecule is CC(=O)Nc1ccc(S(=O)(=O)NC(C)C(=O)N[C@@H](C)C(=O)O)cc1. The molecule has 132 valence electrons. The molecule has 1 aromatic carbocycles. The Morgan fingerprint density at radius 3 is 2.04 bits per heavy atom. The fraction of sp³-hybridized carbons (Fsp3) is 0.357. The molecule has 9 nitrogen and oxygen atoms in total. The molecule has 1 rings (SSSR count). The van der Waals surface area contributed by atoms with Crippen molar-refractivity contribution in [2.75, 3.05) is 5.32 Å². The molecule has 0 saturated heterocycles. The number of amides is 2. The van der Waals surface area contributed by atoms with E-state index in [1.165, 1.54) is 45.0 Å². The van der Waals surface area contributed by atoms with Gasteiger partial charge in [0.1, 0.15) is 6.04 Å². The van der Waals surface area contributed by atoms with Gasteiger partial charge in [0.15, 0.2) is 0 Å². The van der Waals surface area contributed by atoms with Crippen LogP contribution in [0.4, 0.5) is 5.69 Å². The summed E-state index contributed by atoms with van der Waals surface area (Å²) in [5.41, 5.74) is 0.433. The molecule has 0 radical (unpaired) electrons. The van der Waals surface area contributed by atoms with Crippen LogP contribution in [0.25, 0.3) is 0 Å². The molecule has 0 saturated carbocycles. The molecule has 0 aliphatic rings. The molecule has 0 heterocycles. The Balaban J connectivity index is 2.79. The van der Waals surface area contributed by atoms with Crippen LogP contribution < -0.4 is 15.4 Å². The lowest BCUT2D eigenvalue weighted by Crippen LogP contribution is -2.49. The van der Waals surface area contributed by atoms with E-state index < -0.39 is 34.0 Å². The molecular formula is C14H19N3O6S. The first-order valence-electron chi connectivity index (χ1n) is 6.96. The average Bonchev–Trinajstić information content (AvgIpc) is 2.46. The van der Waals surface area contributed by atoms with Gasteiger partial charge in [0.25, 0.3) is 0 Å². The van der Waals surface area contributed by atoms with Crippen molar-refractivity contribution >= 4 is 33.5 Å². The number of nitrogens with one attached hydrogen (secondary N) is 3. The summed E-state index contributed by atoms with van der Waals surface area (Å²) in [7, 11) is -3.98. The summed E-state index contributed by atoms with van der Waals surface area (Å²) in [4.78, 5) is 33.3. The van der Waals surface area contributed by atoms with E-state index in [9.17, 15) is 22.8 Å². The van der Waals surface area contributed by atoms with Crippen molar-refractivity contribution in [2.24, 2.45) is 0 Å². The van der Waals surface area contributed by atoms with E-state index in [4.69, 9.17) is 5.11 Å². The smallest absolute Gasteiger partial charge is 0.325 e. The van der Waals surface area contributed by atoms with E-state index in [-0.39, 0.29) is 10.8 Å². The fourth-order valence-electron chi connectivity index (χ4n) is 1.68. The van der Waals surface area contributed by atoms with E-state index in [0.717, 1.165) is 0 Å². The van der Waals surface area contributed by atoms with Crippen molar-refractivity contribution in [1.82, 2.24) is 10.0 Å². The molecule has 24 heavy (non-hydrogen) atoms. The zero-order chi connectivity index (χ0) is 18.5. The minimum atomic E-state index is -3.98. The first-order valence-corrected chi connectivity index (χ1v) is 8.44. The van der Waals surface area contributed by atoms with Crippen LogP contribution in [0.1, 0.15) is 20.8 Å². The molecule has 2 atom stereocenters. The van der Waals surface area contributed by atoms with Crippen molar-refractivity contribution < 1.29 is 27.9 Å². The van der Waals surface area contributed by atoms with Gasteiger partial charge in [0, 0.05) is 12.6 Å². The number of rotatable bonds is 7. The summed E-state index contributed by atoms with van der Waals surface area (Å²) in [5.74, 6) is -2.28. The normalized spacial score (nSPS) is 13.6. The topological polar surface area (TPSA) is 142 Å². The van der Waals surface area contributed by atoms with E-state index >= 15 is 0 Å². The van der Waals surface area contributed by atoms with Crippen LogP contribution >= 0.6 is 0 Å². The van der Waals surface area contributed by atoms with Crippen LogP contribution in [0.2, 0.25) is 0 Å². The highest BCUT2D eigenvalue weighted by Crippen LogP contribution is 2.14. The monoisotopic (exact) mass is 357 g/mol. The summed E-state index contributed by atoms with van der Waals surface area (Å²) < 4.78 is 26.6. The van der Waals surface area contributed by atoms with Crippen molar-refractivity contribution in [3.63, 3.8) is 0 Å². The summed E-state index contributed by atoms with van der Waals surface area (Å²) in [6.07, 6.45) is 0. The molecule has 0 aliphatic carbocycles. The van der Waals surface area contributed by atoms with Gasteiger partial charge in [-0.2, -0.15) is 4.72 Å². The van der Waals surface area contributed by atoms with Crippen LogP contribution in [0.15, 0.2) is 29.2 Å². The van der Waals surface area contributed by atoms with Gasteiger partial charge in [0.2, 0.25) is 21.8 Å². The Hall–Kier alpha value is -2.46. The lowest BCUT2D eigenvalue weighted by atomic mass is 10.3. The molecule has 10 heteroatoms. The van der Waals surface area contributed by atoms with Crippen molar-refractivity contribution in [3.05, 3.63) is 24.3 Å². The zero-order valence-corrected chi connectivity index (χ0v) is 14.2. The molecule has 4 N–H and O–H groups in total. The van der Waals surface area contributed by atoms with E-state index in [0.29, 0.717) is 5.69 Å². The van der Waals surface area contributed by atoms with Crippen LogP contribution in [-0.4, -0.2) is 43.4 Å². The van der Waals surface area contributed by atoms with E-state index in [2.05, 4.69) is 15.4 Å². The average molecular weight is 357 g/mol. The second-order valence-corrected chi connectivity index (χ2v) is 6.83. The molecule has 0 spiro atoms. The first-order chi connectivity index (χ1) is 11.0. The molecule has 2 amide bonds. The Labute approximate surface area is 139 Å². The van der Waals surface area contributed by atoms with Crippen LogP contribution in [-0.2, 0) is 24.4 Å². The van der Waals surface area contributed by atoms with Crippen molar-refractivity contribution in [3.8, 4) is 0 Å². The van der Waals surface area contributed by atoms with Gasteiger partial charge in [-0.25, -0.2) is 8.42 Å². The standard InChI is InChI=1S/C14H19N3O6S/c1-8(13(19)15-9(2)14(20)21)17-24(22,23)12-6-4-11(5-7-12)16-10(3)18/h4-9,17H,1-3H3,(H,15,19)(H,16,18)(H,20,21)/t8?,9-/m0/s1. The van der Waals surface area contributed by atoms with Gasteiger partial charge < -0.3 is 15.7 Å². The molecule has 0 aliphatic heterocycles. The van der Waals surface area contributed by atoms with Gasteiger partial charge in [-0.1, -0.05) is 0 Å². The van der Waals surface area contributed by atoms with Gasteiger partial charge in [0.05, 0.1) is 10.9 Å². The Kier molecular flexibility index (Phi) is 6.43. The molecule has 1 aromatic rings. The predicted octanol–water partition coefficient (Wildman–Crippen LogP) is -0.0989. The van der Waals surface area contributed by atoms with E-state index in [1.54, 1.807) is 0 Å². The zero-order valence-electron chi connectivity index (χ0n) is 13.4. The minimum absolute atomic E-state index is 0.0949. The number of carbonyl (C=O) groups excluding carboxylic acids is 2. The summed E-state index contributed by atoms with van der Waals surface area (Å²) in [6, 6.07) is 3.07. The summed E-state index contributed by atoms with van der Waals surface area (Å²) in [6.45, 7) is 3.89. The fourth-order valence-corrected chi connectivity index (χ4v) is 2.88. The number of anilines is 1. The lowest BCUT2D eigenvalue weighted by molar-refractivity contribution is -0.141. The molecule has 0 bridgehead atoms. The number of aliphatic carboxylic acids is 1. The summed E-state index contributed by atoms with van der Waals surface area (Å²) in [5, 5.41) is 13.4. The van der Waals surface area contributed by atoms with E-state index in [1.807, 2.05) is 0 Å². The maximum atomic E-state index is 12.2. The lowest BCUT2D eigenvalue weighted by Gasteiger charge is -2.16. The second-order valence-electron chi connectivity index (χ2n) is 5.12. The second kappa shape index (κ2) is 7.88. The third-order valence-corrected chi connectivity index (χ3v) is 4.50. The molecule has 0 fully saturated rings. The number of carboxylic acid groups (broad SMARTS) is 1. The van der Waals surface area contributed by atoms with Crippen LogP contribution in [0.3, 0.4) is 0 Å². The number of hydrogen-bond acceptors (Lipinski definition) is 5. The molecule has 0 aromatic heterocycles. The van der Waals surface area contributed by atoms with Crippen LogP contribution in [0.5, 0.6) is 0 Å². The van der Waals surface area contributed by atoms with Crippen LogP contribution in [0, 0.1) is 0 Å². The van der Waals surface area contributed by atoms with Crippen molar-refractivity contribution in [2.45, 2.75) is 37.8 Å². The Morgan fingerprint density at radius 2 is 1.58 bits per heavy atom. The predicted molar refractivity (Wildman–Crippen MR) is 85.8 cm³/mol. The highest BCUT2D eigenvalue weighted by Gasteiger charge is 2.24.